The summed E-state index contributed by atoms with van der Waals surface area (Å²) in [5, 5.41) is 23.0. The molecule has 0 aliphatic carbocycles. The first-order chi connectivity index (χ1) is 28.7. The largest absolute Gasteiger partial charge is 0.394 e. The van der Waals surface area contributed by atoms with E-state index in [2.05, 4.69) is 92.1 Å². The molecule has 0 radical (unpaired) electrons. The molecule has 1 amide bonds. The Kier molecular flexibility index (Phi) is 46.9. The van der Waals surface area contributed by atoms with E-state index in [0.29, 0.717) is 6.42 Å². The normalized spacial score (nSPS) is 13.7. The van der Waals surface area contributed by atoms with Crippen molar-refractivity contribution >= 4 is 5.91 Å². The highest BCUT2D eigenvalue weighted by Gasteiger charge is 2.17. The van der Waals surface area contributed by atoms with Gasteiger partial charge in [0.25, 0.3) is 0 Å². The van der Waals surface area contributed by atoms with Gasteiger partial charge in [0.05, 0.1) is 18.8 Å². The minimum atomic E-state index is -0.863. The molecule has 58 heavy (non-hydrogen) atoms. The molecule has 0 saturated carbocycles. The fraction of sp³-hybridized carbons (Fsp3) is 0.722. The molecule has 0 bridgehead atoms. The van der Waals surface area contributed by atoms with E-state index in [1.54, 1.807) is 6.08 Å². The summed E-state index contributed by atoms with van der Waals surface area (Å²) in [6, 6.07) is -0.641. The van der Waals surface area contributed by atoms with E-state index in [1.165, 1.54) is 148 Å². The van der Waals surface area contributed by atoms with Crippen molar-refractivity contribution in [2.45, 2.75) is 244 Å². The lowest BCUT2D eigenvalue weighted by molar-refractivity contribution is -0.123. The van der Waals surface area contributed by atoms with Gasteiger partial charge in [0, 0.05) is 6.42 Å². The molecule has 0 saturated heterocycles. The van der Waals surface area contributed by atoms with Gasteiger partial charge in [-0.3, -0.25) is 4.79 Å². The highest BCUT2D eigenvalue weighted by atomic mass is 16.3. The van der Waals surface area contributed by atoms with Gasteiger partial charge < -0.3 is 15.5 Å². The number of nitrogens with one attached hydrogen (secondary N) is 1. The van der Waals surface area contributed by atoms with Crippen LogP contribution in [0.3, 0.4) is 0 Å². The van der Waals surface area contributed by atoms with Gasteiger partial charge >= 0.3 is 0 Å². The van der Waals surface area contributed by atoms with Crippen LogP contribution in [0, 0.1) is 0 Å². The van der Waals surface area contributed by atoms with Crippen LogP contribution in [0.1, 0.15) is 232 Å². The Hall–Kier alpha value is -2.43. The minimum Gasteiger partial charge on any atom is -0.394 e. The number of hydrogen-bond donors (Lipinski definition) is 3. The summed E-state index contributed by atoms with van der Waals surface area (Å²) in [7, 11) is 0. The predicted molar refractivity (Wildman–Crippen MR) is 257 cm³/mol. The number of unbranched alkanes of at least 4 members (excludes halogenated alkanes) is 25. The van der Waals surface area contributed by atoms with Gasteiger partial charge in [-0.15, -0.1) is 0 Å². The molecule has 0 aromatic carbocycles. The maximum atomic E-state index is 12.4. The van der Waals surface area contributed by atoms with E-state index < -0.39 is 12.1 Å². The molecule has 0 aromatic rings. The number of carbonyl (C=O) groups excluding carboxylic acids is 1. The first-order valence-corrected chi connectivity index (χ1v) is 24.8. The van der Waals surface area contributed by atoms with Gasteiger partial charge in [-0.25, -0.2) is 0 Å². The molecule has 0 aliphatic heterocycles. The van der Waals surface area contributed by atoms with Crippen LogP contribution in [0.2, 0.25) is 0 Å². The molecular weight excluding hydrogens is 711 g/mol. The number of rotatable bonds is 44. The monoisotopic (exact) mass is 806 g/mol. The zero-order chi connectivity index (χ0) is 42.1. The van der Waals surface area contributed by atoms with Crippen molar-refractivity contribution in [1.29, 1.82) is 0 Å². The number of aliphatic hydroxyl groups is 2. The summed E-state index contributed by atoms with van der Waals surface area (Å²) in [5.74, 6) is -0.0761. The first-order valence-electron chi connectivity index (χ1n) is 24.8. The fourth-order valence-electron chi connectivity index (χ4n) is 7.10. The molecule has 0 heterocycles. The van der Waals surface area contributed by atoms with Crippen molar-refractivity contribution in [1.82, 2.24) is 5.32 Å². The highest BCUT2D eigenvalue weighted by molar-refractivity contribution is 5.76. The Morgan fingerprint density at radius 3 is 1.21 bits per heavy atom. The summed E-state index contributed by atoms with van der Waals surface area (Å²) >= 11 is 0. The highest BCUT2D eigenvalue weighted by Crippen LogP contribution is 2.15. The van der Waals surface area contributed by atoms with E-state index in [0.717, 1.165) is 64.2 Å². The molecule has 0 aromatic heterocycles. The average Bonchev–Trinajstić information content (AvgIpc) is 3.23. The molecule has 0 fully saturated rings. The molecular formula is C54H95NO3. The summed E-state index contributed by atoms with van der Waals surface area (Å²) in [4.78, 5) is 12.4. The number of aliphatic hydroxyl groups excluding tert-OH is 2. The molecule has 0 rings (SSSR count). The van der Waals surface area contributed by atoms with Crippen LogP contribution >= 0.6 is 0 Å². The smallest absolute Gasteiger partial charge is 0.220 e. The Morgan fingerprint density at radius 2 is 0.776 bits per heavy atom. The topological polar surface area (TPSA) is 69.6 Å². The fourth-order valence-corrected chi connectivity index (χ4v) is 7.10. The van der Waals surface area contributed by atoms with Crippen LogP contribution in [0.15, 0.2) is 85.1 Å². The third kappa shape index (κ3) is 44.7. The number of allylic oxidation sites excluding steroid dienone is 13. The van der Waals surface area contributed by atoms with Gasteiger partial charge in [0.1, 0.15) is 0 Å². The van der Waals surface area contributed by atoms with Crippen LogP contribution in [-0.2, 0) is 4.79 Å². The van der Waals surface area contributed by atoms with E-state index in [-0.39, 0.29) is 12.5 Å². The van der Waals surface area contributed by atoms with E-state index in [9.17, 15) is 15.0 Å². The zero-order valence-electron chi connectivity index (χ0n) is 38.3. The molecule has 4 heteroatoms. The van der Waals surface area contributed by atoms with Gasteiger partial charge in [-0.2, -0.15) is 0 Å². The second-order valence-electron chi connectivity index (χ2n) is 16.5. The maximum Gasteiger partial charge on any atom is 0.220 e. The van der Waals surface area contributed by atoms with E-state index in [4.69, 9.17) is 0 Å². The molecule has 0 spiro atoms. The van der Waals surface area contributed by atoms with E-state index >= 15 is 0 Å². The molecule has 3 N–H and O–H groups in total. The van der Waals surface area contributed by atoms with Crippen LogP contribution in [0.5, 0.6) is 0 Å². The molecule has 334 valence electrons. The Labute approximate surface area is 361 Å². The summed E-state index contributed by atoms with van der Waals surface area (Å²) in [6.07, 6.45) is 71.5. The third-order valence-electron chi connectivity index (χ3n) is 10.9. The standard InChI is InChI=1S/C54H95NO3/c1-3-5-7-9-11-13-15-17-18-19-20-21-22-23-24-25-26-27-28-29-30-31-32-33-34-35-36-38-40-42-44-46-48-50-54(58)55-52(51-56)53(57)49-47-45-43-41-39-37-16-14-12-10-8-6-4-2/h5,7,11,13,17-18,20-21,23-24,39,41,47,49,52-53,56-57H,3-4,6,8-10,12,14-16,19,22,25-38,40,42-46,48,50-51H2,1-2H3,(H,55,58)/b7-5-,13-11-,18-17-,21-20-,24-23-,41-39+,49-47+. The van der Waals surface area contributed by atoms with Gasteiger partial charge in [-0.1, -0.05) is 234 Å². The SMILES string of the molecule is CC/C=C\C/C=C\C/C=C\C/C=C\C/C=C\CCCCCCCCCCCCCCCCCCCC(=O)NC(CO)C(O)/C=C/CC/C=C/CCCCCCCCC. The Bertz CT molecular complexity index is 1050. The maximum absolute atomic E-state index is 12.4. The van der Waals surface area contributed by atoms with Crippen LogP contribution in [0.25, 0.3) is 0 Å². The number of hydrogen-bond acceptors (Lipinski definition) is 3. The summed E-state index contributed by atoms with van der Waals surface area (Å²) < 4.78 is 0. The van der Waals surface area contributed by atoms with Crippen LogP contribution in [-0.4, -0.2) is 34.9 Å². The van der Waals surface area contributed by atoms with Crippen molar-refractivity contribution in [3.8, 4) is 0 Å². The van der Waals surface area contributed by atoms with Crippen LogP contribution in [0.4, 0.5) is 0 Å². The summed E-state index contributed by atoms with van der Waals surface area (Å²) in [6.45, 7) is 4.17. The second-order valence-corrected chi connectivity index (χ2v) is 16.5. The lowest BCUT2D eigenvalue weighted by Gasteiger charge is -2.19. The van der Waals surface area contributed by atoms with Crippen molar-refractivity contribution in [3.63, 3.8) is 0 Å². The first kappa shape index (κ1) is 55.6. The van der Waals surface area contributed by atoms with Gasteiger partial charge in [0.2, 0.25) is 5.91 Å². The molecule has 2 atom stereocenters. The van der Waals surface area contributed by atoms with Crippen molar-refractivity contribution in [3.05, 3.63) is 85.1 Å². The van der Waals surface area contributed by atoms with Crippen LogP contribution < -0.4 is 5.32 Å². The predicted octanol–water partition coefficient (Wildman–Crippen LogP) is 16.0. The Morgan fingerprint density at radius 1 is 0.431 bits per heavy atom. The quantitative estimate of drug-likeness (QED) is 0.0424. The number of carbonyl (C=O) groups is 1. The summed E-state index contributed by atoms with van der Waals surface area (Å²) in [5.41, 5.74) is 0. The Balaban J connectivity index is 3.51. The lowest BCUT2D eigenvalue weighted by Crippen LogP contribution is -2.45. The average molecular weight is 806 g/mol. The molecule has 4 nitrogen and oxygen atoms in total. The number of amides is 1. The van der Waals surface area contributed by atoms with Crippen molar-refractivity contribution in [2.24, 2.45) is 0 Å². The van der Waals surface area contributed by atoms with Gasteiger partial charge in [0.15, 0.2) is 0 Å². The minimum absolute atomic E-state index is 0.0761. The second kappa shape index (κ2) is 48.9. The third-order valence-corrected chi connectivity index (χ3v) is 10.9. The van der Waals surface area contributed by atoms with E-state index in [1.807, 2.05) is 6.08 Å². The molecule has 0 aliphatic rings. The lowest BCUT2D eigenvalue weighted by atomic mass is 10.0. The zero-order valence-corrected chi connectivity index (χ0v) is 38.3. The van der Waals surface area contributed by atoms with Crippen molar-refractivity contribution in [2.75, 3.05) is 6.61 Å². The van der Waals surface area contributed by atoms with Crippen molar-refractivity contribution < 1.29 is 15.0 Å². The van der Waals surface area contributed by atoms with Gasteiger partial charge in [-0.05, 0) is 77.0 Å². The molecule has 2 unspecified atom stereocenters.